The summed E-state index contributed by atoms with van der Waals surface area (Å²) in [5.74, 6) is -0.171. The zero-order chi connectivity index (χ0) is 21.1. The standard InChI is InChI=1S/C24H50NO3.ClH/c1-5-6-7-8-9-10-11-12-13-14-15-16-17-18-19-20-24(27)28-22-23(26)21-25(2,3)4;/h23,26H,5-22H2,1-4H3;1H/q+1;/p-1. The van der Waals surface area contributed by atoms with Gasteiger partial charge in [0.25, 0.3) is 0 Å². The van der Waals surface area contributed by atoms with E-state index >= 15 is 0 Å². The predicted molar refractivity (Wildman–Crippen MR) is 119 cm³/mol. The second-order valence-electron chi connectivity index (χ2n) is 9.51. The summed E-state index contributed by atoms with van der Waals surface area (Å²) >= 11 is 0. The third-order valence-electron chi connectivity index (χ3n) is 5.18. The van der Waals surface area contributed by atoms with Crippen LogP contribution in [0, 0.1) is 0 Å². The maximum Gasteiger partial charge on any atom is 0.305 e. The molecule has 0 radical (unpaired) electrons. The zero-order valence-electron chi connectivity index (χ0n) is 19.9. The van der Waals surface area contributed by atoms with Gasteiger partial charge in [0, 0.05) is 6.42 Å². The first-order chi connectivity index (χ1) is 13.3. The summed E-state index contributed by atoms with van der Waals surface area (Å²) in [6.45, 7) is 2.98. The molecule has 1 atom stereocenters. The van der Waals surface area contributed by atoms with E-state index in [0.717, 1.165) is 12.8 Å². The molecular weight excluding hydrogens is 386 g/mol. The summed E-state index contributed by atoms with van der Waals surface area (Å²) in [4.78, 5) is 11.7. The van der Waals surface area contributed by atoms with Crippen molar-refractivity contribution in [2.45, 2.75) is 116 Å². The molecule has 0 saturated heterocycles. The molecule has 0 aliphatic carbocycles. The minimum atomic E-state index is -0.579. The summed E-state index contributed by atoms with van der Waals surface area (Å²) in [5.41, 5.74) is 0. The molecule has 0 aromatic rings. The highest BCUT2D eigenvalue weighted by Gasteiger charge is 2.17. The van der Waals surface area contributed by atoms with Crippen LogP contribution in [-0.2, 0) is 9.53 Å². The minimum Gasteiger partial charge on any atom is -1.00 e. The molecule has 0 amide bonds. The maximum atomic E-state index is 11.7. The highest BCUT2D eigenvalue weighted by atomic mass is 35.5. The van der Waals surface area contributed by atoms with Crippen LogP contribution in [0.15, 0.2) is 0 Å². The third kappa shape index (κ3) is 25.6. The first kappa shape index (κ1) is 30.9. The number of esters is 1. The van der Waals surface area contributed by atoms with Gasteiger partial charge in [-0.15, -0.1) is 0 Å². The molecular formula is C24H50ClNO3. The number of quaternary nitrogens is 1. The molecule has 0 saturated carbocycles. The summed E-state index contributed by atoms with van der Waals surface area (Å²) in [7, 11) is 6.04. The number of carbonyl (C=O) groups is 1. The molecule has 1 unspecified atom stereocenters. The number of carbonyl (C=O) groups excluding carboxylic acids is 1. The molecule has 0 aliphatic heterocycles. The molecule has 29 heavy (non-hydrogen) atoms. The molecule has 0 aromatic heterocycles. The average Bonchev–Trinajstić information content (AvgIpc) is 2.62. The van der Waals surface area contributed by atoms with E-state index in [4.69, 9.17) is 4.74 Å². The summed E-state index contributed by atoms with van der Waals surface area (Å²) in [6.07, 6.45) is 19.8. The highest BCUT2D eigenvalue weighted by Crippen LogP contribution is 2.13. The van der Waals surface area contributed by atoms with Gasteiger partial charge >= 0.3 is 5.97 Å². The zero-order valence-corrected chi connectivity index (χ0v) is 20.7. The van der Waals surface area contributed by atoms with Crippen molar-refractivity contribution >= 4 is 5.97 Å². The number of hydrogen-bond acceptors (Lipinski definition) is 3. The van der Waals surface area contributed by atoms with Gasteiger partial charge in [-0.05, 0) is 6.42 Å². The van der Waals surface area contributed by atoms with Gasteiger partial charge in [-0.2, -0.15) is 0 Å². The number of hydrogen-bond donors (Lipinski definition) is 1. The van der Waals surface area contributed by atoms with Gasteiger partial charge < -0.3 is 26.7 Å². The second kappa shape index (κ2) is 20.9. The van der Waals surface area contributed by atoms with E-state index in [9.17, 15) is 9.90 Å². The maximum absolute atomic E-state index is 11.7. The van der Waals surface area contributed by atoms with E-state index in [1.807, 2.05) is 21.1 Å². The molecule has 0 fully saturated rings. The van der Waals surface area contributed by atoms with Gasteiger partial charge in [-0.3, -0.25) is 4.79 Å². The van der Waals surface area contributed by atoms with Gasteiger partial charge in [-0.1, -0.05) is 96.8 Å². The SMILES string of the molecule is CCCCCCCCCCCCCCCCCC(=O)OCC(O)C[N+](C)(C)C.[Cl-]. The number of aliphatic hydroxyl groups is 1. The molecule has 0 rings (SSSR count). The van der Waals surface area contributed by atoms with Crippen LogP contribution in [0.25, 0.3) is 0 Å². The fourth-order valence-corrected chi connectivity index (χ4v) is 3.59. The van der Waals surface area contributed by atoms with Crippen LogP contribution in [0.5, 0.6) is 0 Å². The van der Waals surface area contributed by atoms with Gasteiger partial charge in [0.05, 0.1) is 21.1 Å². The second-order valence-corrected chi connectivity index (χ2v) is 9.51. The van der Waals surface area contributed by atoms with Gasteiger partial charge in [0.2, 0.25) is 0 Å². The van der Waals surface area contributed by atoms with E-state index < -0.39 is 6.10 Å². The van der Waals surface area contributed by atoms with Crippen LogP contribution >= 0.6 is 0 Å². The number of aliphatic hydroxyl groups excluding tert-OH is 1. The van der Waals surface area contributed by atoms with Crippen molar-refractivity contribution in [3.8, 4) is 0 Å². The van der Waals surface area contributed by atoms with Gasteiger partial charge in [0.15, 0.2) is 0 Å². The number of ether oxygens (including phenoxy) is 1. The Morgan fingerprint density at radius 1 is 0.759 bits per heavy atom. The molecule has 0 aliphatic rings. The van der Waals surface area contributed by atoms with Crippen LogP contribution in [0.3, 0.4) is 0 Å². The molecule has 0 heterocycles. The number of halogens is 1. The topological polar surface area (TPSA) is 46.5 Å². The first-order valence-corrected chi connectivity index (χ1v) is 12.0. The van der Waals surface area contributed by atoms with Crippen molar-refractivity contribution in [1.29, 1.82) is 0 Å². The lowest BCUT2D eigenvalue weighted by Gasteiger charge is -2.26. The highest BCUT2D eigenvalue weighted by molar-refractivity contribution is 5.69. The van der Waals surface area contributed by atoms with Gasteiger partial charge in [0.1, 0.15) is 19.3 Å². The van der Waals surface area contributed by atoms with E-state index in [-0.39, 0.29) is 25.0 Å². The Bertz CT molecular complexity index is 359. The molecule has 1 N–H and O–H groups in total. The van der Waals surface area contributed by atoms with E-state index in [0.29, 0.717) is 17.4 Å². The van der Waals surface area contributed by atoms with E-state index in [2.05, 4.69) is 6.92 Å². The smallest absolute Gasteiger partial charge is 0.305 e. The minimum absolute atomic E-state index is 0. The molecule has 176 valence electrons. The van der Waals surface area contributed by atoms with Crippen molar-refractivity contribution in [3.05, 3.63) is 0 Å². The quantitative estimate of drug-likeness (QED) is 0.182. The molecule has 5 heteroatoms. The van der Waals surface area contributed by atoms with Crippen LogP contribution in [0.1, 0.15) is 110 Å². The van der Waals surface area contributed by atoms with Crippen LogP contribution in [0.2, 0.25) is 0 Å². The van der Waals surface area contributed by atoms with Gasteiger partial charge in [-0.25, -0.2) is 0 Å². The molecule has 4 nitrogen and oxygen atoms in total. The van der Waals surface area contributed by atoms with Crippen LogP contribution in [0.4, 0.5) is 0 Å². The monoisotopic (exact) mass is 435 g/mol. The largest absolute Gasteiger partial charge is 1.00 e. The van der Waals surface area contributed by atoms with E-state index in [1.54, 1.807) is 0 Å². The summed E-state index contributed by atoms with van der Waals surface area (Å²) < 4.78 is 5.83. The van der Waals surface area contributed by atoms with Crippen molar-refractivity contribution in [2.75, 3.05) is 34.3 Å². The average molecular weight is 436 g/mol. The lowest BCUT2D eigenvalue weighted by atomic mass is 10.0. The molecule has 0 aromatic carbocycles. The number of unbranched alkanes of at least 4 members (excludes halogenated alkanes) is 14. The van der Waals surface area contributed by atoms with Crippen molar-refractivity contribution in [3.63, 3.8) is 0 Å². The van der Waals surface area contributed by atoms with Crippen molar-refractivity contribution in [1.82, 2.24) is 0 Å². The molecule has 0 bridgehead atoms. The van der Waals surface area contributed by atoms with Crippen LogP contribution < -0.4 is 12.4 Å². The Balaban J connectivity index is 0. The van der Waals surface area contributed by atoms with Crippen LogP contribution in [-0.4, -0.2) is 56.0 Å². The number of likely N-dealkylation sites (N-methyl/N-ethyl adjacent to an activating group) is 1. The Morgan fingerprint density at radius 2 is 1.14 bits per heavy atom. The normalized spacial score (nSPS) is 12.4. The first-order valence-electron chi connectivity index (χ1n) is 12.0. The van der Waals surface area contributed by atoms with E-state index in [1.165, 1.54) is 83.5 Å². The number of nitrogens with zero attached hydrogens (tertiary/aromatic N) is 1. The lowest BCUT2D eigenvalue weighted by molar-refractivity contribution is -0.873. The summed E-state index contributed by atoms with van der Waals surface area (Å²) in [6, 6.07) is 0. The molecule has 0 spiro atoms. The Morgan fingerprint density at radius 3 is 1.52 bits per heavy atom. The number of rotatable bonds is 20. The van der Waals surface area contributed by atoms with Crippen molar-refractivity contribution < 1.29 is 31.5 Å². The fraction of sp³-hybridized carbons (Fsp3) is 0.958. The summed E-state index contributed by atoms with van der Waals surface area (Å²) in [5, 5.41) is 9.84. The lowest BCUT2D eigenvalue weighted by Crippen LogP contribution is -3.00. The Kier molecular flexibility index (Phi) is 22.3. The van der Waals surface area contributed by atoms with Crippen molar-refractivity contribution in [2.24, 2.45) is 0 Å². The predicted octanol–water partition coefficient (Wildman–Crippen LogP) is 2.86. The Labute approximate surface area is 187 Å². The third-order valence-corrected chi connectivity index (χ3v) is 5.18. The fourth-order valence-electron chi connectivity index (χ4n) is 3.59. The Hall–Kier alpha value is -0.320.